The first-order valence-electron chi connectivity index (χ1n) is 9.03. The van der Waals surface area contributed by atoms with Crippen LogP contribution in [0.2, 0.25) is 0 Å². The van der Waals surface area contributed by atoms with E-state index in [0.29, 0.717) is 36.0 Å². The molecule has 0 atom stereocenters. The Hall–Kier alpha value is -2.48. The van der Waals surface area contributed by atoms with E-state index in [2.05, 4.69) is 9.88 Å². The van der Waals surface area contributed by atoms with Crippen LogP contribution in [0, 0.1) is 5.92 Å². The Bertz CT molecular complexity index is 968. The molecule has 8 heteroatoms. The summed E-state index contributed by atoms with van der Waals surface area (Å²) in [4.78, 5) is 22.3. The molecule has 0 aliphatic carbocycles. The summed E-state index contributed by atoms with van der Waals surface area (Å²) in [7, 11) is -3.20. The monoisotopic (exact) mass is 387 g/mol. The molecule has 1 fully saturated rings. The van der Waals surface area contributed by atoms with Crippen molar-refractivity contribution in [3.8, 4) is 11.4 Å². The topological polar surface area (TPSA) is 100 Å². The molecule has 1 aromatic carbocycles. The van der Waals surface area contributed by atoms with Crippen LogP contribution in [0.5, 0.6) is 0 Å². The molecule has 2 aliphatic heterocycles. The smallest absolute Gasteiger partial charge is 0.303 e. The molecule has 2 aromatic rings. The van der Waals surface area contributed by atoms with Crippen molar-refractivity contribution in [3.05, 3.63) is 41.6 Å². The SMILES string of the molecule is O=C(O)CC1CCN(c2nc(-c3ccccc3)nc3c2CS(=O)(=O)C3)CC1. The van der Waals surface area contributed by atoms with Crippen LogP contribution in [-0.2, 0) is 26.1 Å². The number of benzene rings is 1. The van der Waals surface area contributed by atoms with Crippen LogP contribution in [0.25, 0.3) is 11.4 Å². The maximum atomic E-state index is 12.2. The van der Waals surface area contributed by atoms with Gasteiger partial charge in [0.05, 0.1) is 17.2 Å². The number of rotatable bonds is 4. The van der Waals surface area contributed by atoms with E-state index in [4.69, 9.17) is 10.1 Å². The Morgan fingerprint density at radius 1 is 1.11 bits per heavy atom. The van der Waals surface area contributed by atoms with Gasteiger partial charge in [-0.1, -0.05) is 30.3 Å². The zero-order valence-corrected chi connectivity index (χ0v) is 15.7. The second kappa shape index (κ2) is 6.92. The molecule has 2 aliphatic rings. The number of piperidine rings is 1. The Morgan fingerprint density at radius 2 is 1.81 bits per heavy atom. The van der Waals surface area contributed by atoms with Crippen molar-refractivity contribution in [1.29, 1.82) is 0 Å². The molecule has 3 heterocycles. The lowest BCUT2D eigenvalue weighted by Crippen LogP contribution is -2.35. The van der Waals surface area contributed by atoms with Gasteiger partial charge >= 0.3 is 5.97 Å². The van der Waals surface area contributed by atoms with Crippen molar-refractivity contribution in [2.24, 2.45) is 5.92 Å². The van der Waals surface area contributed by atoms with E-state index in [1.807, 2.05) is 30.3 Å². The molecule has 1 saturated heterocycles. The number of fused-ring (bicyclic) bond motifs is 1. The fraction of sp³-hybridized carbons (Fsp3) is 0.421. The van der Waals surface area contributed by atoms with Gasteiger partial charge in [-0.2, -0.15) is 0 Å². The molecule has 0 spiro atoms. The largest absolute Gasteiger partial charge is 0.481 e. The minimum atomic E-state index is -3.20. The summed E-state index contributed by atoms with van der Waals surface area (Å²) >= 11 is 0. The number of carboxylic acid groups (broad SMARTS) is 1. The number of hydrogen-bond donors (Lipinski definition) is 1. The number of sulfone groups is 1. The highest BCUT2D eigenvalue weighted by Gasteiger charge is 2.33. The van der Waals surface area contributed by atoms with Gasteiger partial charge in [-0.15, -0.1) is 0 Å². The van der Waals surface area contributed by atoms with Gasteiger partial charge in [0.15, 0.2) is 15.7 Å². The molecule has 0 amide bonds. The minimum absolute atomic E-state index is 0.0260. The summed E-state index contributed by atoms with van der Waals surface area (Å²) in [5.41, 5.74) is 2.14. The van der Waals surface area contributed by atoms with Crippen LogP contribution in [0.15, 0.2) is 30.3 Å². The van der Waals surface area contributed by atoms with Gasteiger partial charge in [0, 0.05) is 30.6 Å². The van der Waals surface area contributed by atoms with Crippen molar-refractivity contribution in [2.75, 3.05) is 18.0 Å². The van der Waals surface area contributed by atoms with E-state index in [9.17, 15) is 13.2 Å². The lowest BCUT2D eigenvalue weighted by molar-refractivity contribution is -0.138. The van der Waals surface area contributed by atoms with Crippen LogP contribution >= 0.6 is 0 Å². The molecule has 0 radical (unpaired) electrons. The van der Waals surface area contributed by atoms with E-state index in [1.54, 1.807) is 0 Å². The summed E-state index contributed by atoms with van der Waals surface area (Å²) in [6, 6.07) is 9.54. The second-order valence-electron chi connectivity index (χ2n) is 7.22. The zero-order chi connectivity index (χ0) is 19.0. The van der Waals surface area contributed by atoms with Crippen LogP contribution in [0.4, 0.5) is 5.82 Å². The van der Waals surface area contributed by atoms with Crippen LogP contribution in [0.3, 0.4) is 0 Å². The molecule has 142 valence electrons. The molecule has 4 rings (SSSR count). The molecular weight excluding hydrogens is 366 g/mol. The molecule has 0 saturated carbocycles. The van der Waals surface area contributed by atoms with Crippen molar-refractivity contribution in [2.45, 2.75) is 30.8 Å². The van der Waals surface area contributed by atoms with E-state index >= 15 is 0 Å². The third kappa shape index (κ3) is 3.80. The highest BCUT2D eigenvalue weighted by molar-refractivity contribution is 7.90. The van der Waals surface area contributed by atoms with Gasteiger partial charge in [0.25, 0.3) is 0 Å². The van der Waals surface area contributed by atoms with Crippen LogP contribution in [0.1, 0.15) is 30.5 Å². The van der Waals surface area contributed by atoms with Gasteiger partial charge in [-0.3, -0.25) is 4.79 Å². The molecule has 7 nitrogen and oxygen atoms in total. The van der Waals surface area contributed by atoms with E-state index in [0.717, 1.165) is 18.4 Å². The summed E-state index contributed by atoms with van der Waals surface area (Å²) < 4.78 is 24.4. The number of nitrogens with zero attached hydrogens (tertiary/aromatic N) is 3. The van der Waals surface area contributed by atoms with Gasteiger partial charge in [0.2, 0.25) is 0 Å². The first-order valence-corrected chi connectivity index (χ1v) is 10.9. The van der Waals surface area contributed by atoms with Crippen molar-refractivity contribution < 1.29 is 18.3 Å². The van der Waals surface area contributed by atoms with Crippen molar-refractivity contribution >= 4 is 21.6 Å². The van der Waals surface area contributed by atoms with Crippen molar-refractivity contribution in [1.82, 2.24) is 9.97 Å². The average molecular weight is 387 g/mol. The molecule has 1 N–H and O–H groups in total. The summed E-state index contributed by atoms with van der Waals surface area (Å²) in [6.07, 6.45) is 1.70. The van der Waals surface area contributed by atoms with Gasteiger partial charge in [0.1, 0.15) is 5.82 Å². The minimum Gasteiger partial charge on any atom is -0.481 e. The average Bonchev–Trinajstić information content (AvgIpc) is 2.95. The fourth-order valence-corrected chi connectivity index (χ4v) is 5.33. The molecule has 27 heavy (non-hydrogen) atoms. The summed E-state index contributed by atoms with van der Waals surface area (Å²) in [5, 5.41) is 8.99. The standard InChI is InChI=1S/C19H21N3O4S/c23-17(24)10-13-6-8-22(9-7-13)19-15-11-27(25,26)12-16(15)20-18(21-19)14-4-2-1-3-5-14/h1-5,13H,6-12H2,(H,23,24). The maximum absolute atomic E-state index is 12.2. The lowest BCUT2D eigenvalue weighted by Gasteiger charge is -2.33. The molecule has 0 bridgehead atoms. The normalized spacial score (nSPS) is 19.0. The number of aromatic nitrogens is 2. The summed E-state index contributed by atoms with van der Waals surface area (Å²) in [5.74, 6) is 0.539. The van der Waals surface area contributed by atoms with E-state index in [1.165, 1.54) is 0 Å². The number of anilines is 1. The Balaban J connectivity index is 1.68. The second-order valence-corrected chi connectivity index (χ2v) is 9.29. The third-order valence-electron chi connectivity index (χ3n) is 5.20. The highest BCUT2D eigenvalue weighted by Crippen LogP contribution is 2.35. The molecular formula is C19H21N3O4S. The number of hydrogen-bond acceptors (Lipinski definition) is 6. The Labute approximate surface area is 158 Å². The van der Waals surface area contributed by atoms with Gasteiger partial charge in [-0.25, -0.2) is 18.4 Å². The predicted octanol–water partition coefficient (Wildman–Crippen LogP) is 2.26. The highest BCUT2D eigenvalue weighted by atomic mass is 32.2. The first kappa shape index (κ1) is 17.9. The fourth-order valence-electron chi connectivity index (χ4n) is 3.84. The number of aliphatic carboxylic acids is 1. The summed E-state index contributed by atoms with van der Waals surface area (Å²) in [6.45, 7) is 1.35. The number of carboxylic acids is 1. The van der Waals surface area contributed by atoms with Gasteiger partial charge < -0.3 is 10.0 Å². The Kier molecular flexibility index (Phi) is 4.59. The zero-order valence-electron chi connectivity index (χ0n) is 14.8. The van der Waals surface area contributed by atoms with E-state index in [-0.39, 0.29) is 23.8 Å². The van der Waals surface area contributed by atoms with Crippen LogP contribution < -0.4 is 4.90 Å². The lowest BCUT2D eigenvalue weighted by atomic mass is 9.93. The van der Waals surface area contributed by atoms with Crippen LogP contribution in [-0.4, -0.2) is 42.6 Å². The maximum Gasteiger partial charge on any atom is 0.303 e. The first-order chi connectivity index (χ1) is 12.9. The predicted molar refractivity (Wildman–Crippen MR) is 101 cm³/mol. The Morgan fingerprint density at radius 3 is 2.48 bits per heavy atom. The van der Waals surface area contributed by atoms with Crippen molar-refractivity contribution in [3.63, 3.8) is 0 Å². The van der Waals surface area contributed by atoms with E-state index < -0.39 is 15.8 Å². The van der Waals surface area contributed by atoms with Gasteiger partial charge in [-0.05, 0) is 18.8 Å². The quantitative estimate of drug-likeness (QED) is 0.859. The third-order valence-corrected chi connectivity index (χ3v) is 6.64. The molecule has 0 unspecified atom stereocenters. The molecule has 1 aromatic heterocycles. The number of carbonyl (C=O) groups is 1.